The zero-order valence-electron chi connectivity index (χ0n) is 14.9. The third-order valence-corrected chi connectivity index (χ3v) is 6.15. The fourth-order valence-electron chi connectivity index (χ4n) is 2.94. The van der Waals surface area contributed by atoms with Crippen LogP contribution < -0.4 is 11.2 Å². The Kier molecular flexibility index (Phi) is 4.87. The second-order valence-electron chi connectivity index (χ2n) is 6.02. The van der Waals surface area contributed by atoms with Gasteiger partial charge in [0.2, 0.25) is 0 Å². The highest BCUT2D eigenvalue weighted by atomic mass is 79.9. The molecule has 142 valence electrons. The summed E-state index contributed by atoms with van der Waals surface area (Å²) in [5, 5.41) is 1.24. The first kappa shape index (κ1) is 18.9. The predicted molar refractivity (Wildman–Crippen MR) is 114 cm³/mol. The summed E-state index contributed by atoms with van der Waals surface area (Å²) >= 11 is 10.8. The van der Waals surface area contributed by atoms with Crippen LogP contribution in [0.15, 0.2) is 32.5 Å². The Labute approximate surface area is 176 Å². The highest BCUT2D eigenvalue weighted by Gasteiger charge is 2.19. The number of halogens is 2. The molecule has 3 aromatic heterocycles. The molecule has 0 aliphatic heterocycles. The molecular formula is C18H13BrClN5O2S. The summed E-state index contributed by atoms with van der Waals surface area (Å²) in [6.45, 7) is 2.09. The number of thiazole rings is 1. The largest absolute Gasteiger partial charge is 0.332 e. The van der Waals surface area contributed by atoms with Crippen LogP contribution in [0.25, 0.3) is 21.4 Å². The number of aromatic nitrogens is 5. The number of aryl methyl sites for hydroxylation is 1. The van der Waals surface area contributed by atoms with Gasteiger partial charge in [-0.3, -0.25) is 13.9 Å². The Morgan fingerprint density at radius 2 is 2.04 bits per heavy atom. The van der Waals surface area contributed by atoms with Crippen molar-refractivity contribution in [1.82, 2.24) is 23.7 Å². The van der Waals surface area contributed by atoms with Crippen LogP contribution >= 0.6 is 38.9 Å². The third-order valence-electron chi connectivity index (χ3n) is 4.29. The van der Waals surface area contributed by atoms with Crippen LogP contribution in [-0.4, -0.2) is 23.7 Å². The van der Waals surface area contributed by atoms with E-state index in [2.05, 4.69) is 37.7 Å². The van der Waals surface area contributed by atoms with Crippen molar-refractivity contribution < 1.29 is 0 Å². The summed E-state index contributed by atoms with van der Waals surface area (Å²) in [7, 11) is 1.59. The average Bonchev–Trinajstić information content (AvgIpc) is 3.21. The van der Waals surface area contributed by atoms with Crippen LogP contribution in [0.5, 0.6) is 0 Å². The van der Waals surface area contributed by atoms with Gasteiger partial charge in [0.15, 0.2) is 15.9 Å². The highest BCUT2D eigenvalue weighted by molar-refractivity contribution is 9.10. The van der Waals surface area contributed by atoms with Gasteiger partial charge in [-0.1, -0.05) is 17.5 Å². The molecule has 0 aliphatic rings. The fraction of sp³-hybridized carbons (Fsp3) is 0.222. The molecule has 0 fully saturated rings. The quantitative estimate of drug-likeness (QED) is 0.335. The van der Waals surface area contributed by atoms with Crippen molar-refractivity contribution in [2.45, 2.75) is 20.0 Å². The molecule has 0 spiro atoms. The summed E-state index contributed by atoms with van der Waals surface area (Å²) in [6.07, 6.45) is 0. The van der Waals surface area contributed by atoms with Crippen molar-refractivity contribution in [2.75, 3.05) is 0 Å². The van der Waals surface area contributed by atoms with Gasteiger partial charge in [0, 0.05) is 12.1 Å². The summed E-state index contributed by atoms with van der Waals surface area (Å²) in [5.41, 5.74) is 0.498. The lowest BCUT2D eigenvalue weighted by atomic mass is 10.3. The van der Waals surface area contributed by atoms with E-state index in [1.54, 1.807) is 30.7 Å². The summed E-state index contributed by atoms with van der Waals surface area (Å²) < 4.78 is 5.58. The Morgan fingerprint density at radius 1 is 1.25 bits per heavy atom. The van der Waals surface area contributed by atoms with E-state index < -0.39 is 11.2 Å². The van der Waals surface area contributed by atoms with Gasteiger partial charge in [0.25, 0.3) is 5.56 Å². The molecule has 10 heteroatoms. The standard InChI is InChI=1S/C18H13BrClN5O2S/c1-3-4-7-24-14-15(22-17(24)19)23(2)18(27)25(16(14)26)9-13-21-11-8-10(20)5-6-12(11)28-13/h5-6,8H,7,9H2,1-2H3. The van der Waals surface area contributed by atoms with Crippen LogP contribution in [0, 0.1) is 11.8 Å². The predicted octanol–water partition coefficient (Wildman–Crippen LogP) is 2.99. The topological polar surface area (TPSA) is 74.7 Å². The molecule has 1 aromatic carbocycles. The number of benzene rings is 1. The molecule has 0 bridgehead atoms. The van der Waals surface area contributed by atoms with Crippen molar-refractivity contribution in [2.24, 2.45) is 7.05 Å². The van der Waals surface area contributed by atoms with Crippen molar-refractivity contribution in [3.05, 3.63) is 53.8 Å². The maximum absolute atomic E-state index is 13.1. The Hall–Kier alpha value is -2.41. The number of imidazole rings is 1. The molecule has 0 saturated heterocycles. The van der Waals surface area contributed by atoms with Crippen molar-refractivity contribution in [1.29, 1.82) is 0 Å². The Morgan fingerprint density at radius 3 is 2.79 bits per heavy atom. The third kappa shape index (κ3) is 3.07. The second kappa shape index (κ2) is 7.20. The van der Waals surface area contributed by atoms with E-state index in [0.29, 0.717) is 32.5 Å². The molecule has 0 amide bonds. The van der Waals surface area contributed by atoms with E-state index in [-0.39, 0.29) is 6.54 Å². The van der Waals surface area contributed by atoms with Gasteiger partial charge in [0.05, 0.1) is 23.3 Å². The highest BCUT2D eigenvalue weighted by Crippen LogP contribution is 2.25. The van der Waals surface area contributed by atoms with E-state index in [4.69, 9.17) is 11.6 Å². The number of hydrogen-bond acceptors (Lipinski definition) is 5. The van der Waals surface area contributed by atoms with Crippen LogP contribution in [0.2, 0.25) is 5.02 Å². The van der Waals surface area contributed by atoms with Crippen LogP contribution in [0.3, 0.4) is 0 Å². The first-order chi connectivity index (χ1) is 13.4. The van der Waals surface area contributed by atoms with E-state index in [1.165, 1.54) is 20.5 Å². The Bertz CT molecular complexity index is 1420. The number of nitrogens with zero attached hydrogens (tertiary/aromatic N) is 5. The van der Waals surface area contributed by atoms with Crippen LogP contribution in [0.4, 0.5) is 0 Å². The van der Waals surface area contributed by atoms with Gasteiger partial charge in [0.1, 0.15) is 5.01 Å². The van der Waals surface area contributed by atoms with Crippen LogP contribution in [-0.2, 0) is 20.1 Å². The van der Waals surface area contributed by atoms with Gasteiger partial charge in [-0.05, 0) is 41.1 Å². The van der Waals surface area contributed by atoms with Gasteiger partial charge >= 0.3 is 5.69 Å². The van der Waals surface area contributed by atoms with Crippen molar-refractivity contribution in [3.8, 4) is 11.8 Å². The fourth-order valence-corrected chi connectivity index (χ4v) is 4.51. The molecular weight excluding hydrogens is 466 g/mol. The first-order valence-electron chi connectivity index (χ1n) is 8.21. The van der Waals surface area contributed by atoms with Crippen LogP contribution in [0.1, 0.15) is 11.9 Å². The molecule has 0 N–H and O–H groups in total. The van der Waals surface area contributed by atoms with Crippen molar-refractivity contribution in [3.63, 3.8) is 0 Å². The van der Waals surface area contributed by atoms with E-state index in [0.717, 1.165) is 10.2 Å². The lowest BCUT2D eigenvalue weighted by Crippen LogP contribution is -2.39. The van der Waals surface area contributed by atoms with Gasteiger partial charge in [-0.15, -0.1) is 17.3 Å². The molecule has 0 aliphatic carbocycles. The summed E-state index contributed by atoms with van der Waals surface area (Å²) in [6, 6.07) is 5.42. The lowest BCUT2D eigenvalue weighted by Gasteiger charge is -2.07. The van der Waals surface area contributed by atoms with Gasteiger partial charge in [-0.25, -0.2) is 14.8 Å². The minimum absolute atomic E-state index is 0.0701. The lowest BCUT2D eigenvalue weighted by molar-refractivity contribution is 0.652. The number of fused-ring (bicyclic) bond motifs is 2. The Balaban J connectivity index is 1.91. The SMILES string of the molecule is CC#CCn1c(Br)nc2c1c(=O)n(Cc1nc3cc(Cl)ccc3s1)c(=O)n2C. The molecule has 28 heavy (non-hydrogen) atoms. The van der Waals surface area contributed by atoms with E-state index in [1.807, 2.05) is 6.07 Å². The monoisotopic (exact) mass is 477 g/mol. The number of rotatable bonds is 3. The smallest absolute Gasteiger partial charge is 0.301 e. The minimum atomic E-state index is -0.450. The molecule has 4 rings (SSSR count). The average molecular weight is 479 g/mol. The molecule has 7 nitrogen and oxygen atoms in total. The minimum Gasteiger partial charge on any atom is -0.301 e. The first-order valence-corrected chi connectivity index (χ1v) is 10.2. The van der Waals surface area contributed by atoms with Gasteiger partial charge in [-0.2, -0.15) is 0 Å². The zero-order valence-corrected chi connectivity index (χ0v) is 18.0. The van der Waals surface area contributed by atoms with E-state index >= 15 is 0 Å². The maximum Gasteiger partial charge on any atom is 0.332 e. The molecule has 3 heterocycles. The molecule has 0 atom stereocenters. The molecule has 0 radical (unpaired) electrons. The molecule has 0 saturated carbocycles. The molecule has 4 aromatic rings. The summed E-state index contributed by atoms with van der Waals surface area (Å²) in [5.74, 6) is 5.72. The van der Waals surface area contributed by atoms with Crippen molar-refractivity contribution >= 4 is 60.2 Å². The zero-order chi connectivity index (χ0) is 20.0. The second-order valence-corrected chi connectivity index (χ2v) is 8.28. The van der Waals surface area contributed by atoms with E-state index in [9.17, 15) is 9.59 Å². The summed E-state index contributed by atoms with van der Waals surface area (Å²) in [4.78, 5) is 34.8. The maximum atomic E-state index is 13.1. The molecule has 0 unspecified atom stereocenters. The number of hydrogen-bond donors (Lipinski definition) is 0. The normalized spacial score (nSPS) is 11.1. The van der Waals surface area contributed by atoms with Gasteiger partial charge < -0.3 is 4.57 Å².